The molecular formula is C21H25NO5. The summed E-state index contributed by atoms with van der Waals surface area (Å²) in [6, 6.07) is 2.14. The van der Waals surface area contributed by atoms with Crippen molar-refractivity contribution in [2.75, 3.05) is 13.7 Å². The number of methoxy groups -OCH3 is 1. The van der Waals surface area contributed by atoms with E-state index in [9.17, 15) is 14.9 Å². The van der Waals surface area contributed by atoms with Crippen molar-refractivity contribution in [1.82, 2.24) is 0 Å². The third-order valence-electron chi connectivity index (χ3n) is 4.76. The van der Waals surface area contributed by atoms with Crippen LogP contribution in [0.15, 0.2) is 11.6 Å². The molecule has 1 aliphatic rings. The Morgan fingerprint density at radius 3 is 2.74 bits per heavy atom. The van der Waals surface area contributed by atoms with Crippen LogP contribution in [0.4, 0.5) is 0 Å². The minimum absolute atomic E-state index is 0.164. The van der Waals surface area contributed by atoms with Gasteiger partial charge in [-0.05, 0) is 39.2 Å². The molecule has 0 aromatic heterocycles. The van der Waals surface area contributed by atoms with E-state index in [1.807, 2.05) is 26.8 Å². The molecule has 0 saturated carbocycles. The Morgan fingerprint density at radius 1 is 1.44 bits per heavy atom. The van der Waals surface area contributed by atoms with Crippen LogP contribution in [0.25, 0.3) is 0 Å². The number of hydrogen-bond donors (Lipinski definition) is 0. The largest absolute Gasteiger partial charge is 0.496 e. The van der Waals surface area contributed by atoms with Crippen molar-refractivity contribution in [3.63, 3.8) is 0 Å². The summed E-state index contributed by atoms with van der Waals surface area (Å²) >= 11 is 0. The molecule has 1 atom stereocenters. The maximum Gasteiger partial charge on any atom is 0.340 e. The van der Waals surface area contributed by atoms with E-state index in [0.29, 0.717) is 47.5 Å². The van der Waals surface area contributed by atoms with Crippen LogP contribution in [-0.4, -0.2) is 25.7 Å². The molecule has 0 radical (unpaired) electrons. The van der Waals surface area contributed by atoms with E-state index in [2.05, 4.69) is 6.07 Å². The number of esters is 2. The number of rotatable bonds is 7. The molecule has 0 aliphatic carbocycles. The monoisotopic (exact) mass is 371 g/mol. The van der Waals surface area contributed by atoms with Crippen molar-refractivity contribution in [3.8, 4) is 11.8 Å². The van der Waals surface area contributed by atoms with E-state index in [0.717, 1.165) is 11.1 Å². The van der Waals surface area contributed by atoms with E-state index in [1.165, 1.54) is 0 Å². The SMILES string of the molecule is CCOC(=O)[C@H](C)CC(C)=CCc1c(C#N)c2c(c(C)c1OC)COC2=O. The van der Waals surface area contributed by atoms with Gasteiger partial charge in [-0.1, -0.05) is 18.6 Å². The Bertz CT molecular complexity index is 832. The molecule has 0 bridgehead atoms. The molecule has 6 heteroatoms. The summed E-state index contributed by atoms with van der Waals surface area (Å²) in [5.74, 6) is -0.330. The van der Waals surface area contributed by atoms with Gasteiger partial charge in [-0.2, -0.15) is 5.26 Å². The van der Waals surface area contributed by atoms with Gasteiger partial charge in [-0.25, -0.2) is 4.79 Å². The summed E-state index contributed by atoms with van der Waals surface area (Å²) < 4.78 is 15.7. The number of hydrogen-bond acceptors (Lipinski definition) is 6. The number of ether oxygens (including phenoxy) is 3. The normalized spacial score (nSPS) is 14.2. The second-order valence-electron chi connectivity index (χ2n) is 6.67. The predicted octanol–water partition coefficient (Wildman–Crippen LogP) is 3.62. The number of benzene rings is 1. The van der Waals surface area contributed by atoms with Crippen molar-refractivity contribution in [2.45, 2.75) is 47.1 Å². The first-order chi connectivity index (χ1) is 12.8. The lowest BCUT2D eigenvalue weighted by Gasteiger charge is -2.16. The number of carbonyl (C=O) groups excluding carboxylic acids is 2. The molecule has 0 unspecified atom stereocenters. The van der Waals surface area contributed by atoms with E-state index in [4.69, 9.17) is 14.2 Å². The number of fused-ring (bicyclic) bond motifs is 1. The molecular weight excluding hydrogens is 346 g/mol. The number of nitrogens with zero attached hydrogens (tertiary/aromatic N) is 1. The van der Waals surface area contributed by atoms with Crippen molar-refractivity contribution in [1.29, 1.82) is 5.26 Å². The molecule has 6 nitrogen and oxygen atoms in total. The van der Waals surface area contributed by atoms with Crippen molar-refractivity contribution in [3.05, 3.63) is 39.5 Å². The fraction of sp³-hybridized carbons (Fsp3) is 0.476. The van der Waals surface area contributed by atoms with Crippen molar-refractivity contribution in [2.24, 2.45) is 5.92 Å². The van der Waals surface area contributed by atoms with Crippen molar-refractivity contribution < 1.29 is 23.8 Å². The molecule has 0 fully saturated rings. The Labute approximate surface area is 159 Å². The number of nitriles is 1. The minimum Gasteiger partial charge on any atom is -0.496 e. The summed E-state index contributed by atoms with van der Waals surface area (Å²) in [6.07, 6.45) is 2.95. The average Bonchev–Trinajstić information content (AvgIpc) is 3.02. The highest BCUT2D eigenvalue weighted by molar-refractivity contribution is 5.97. The van der Waals surface area contributed by atoms with Gasteiger partial charge in [0.15, 0.2) is 0 Å². The van der Waals surface area contributed by atoms with Gasteiger partial charge in [-0.3, -0.25) is 4.79 Å². The van der Waals surface area contributed by atoms with E-state index in [-0.39, 0.29) is 18.5 Å². The third-order valence-corrected chi connectivity index (χ3v) is 4.76. The zero-order chi connectivity index (χ0) is 20.1. The Morgan fingerprint density at radius 2 is 2.15 bits per heavy atom. The van der Waals surface area contributed by atoms with Crippen LogP contribution >= 0.6 is 0 Å². The highest BCUT2D eigenvalue weighted by Gasteiger charge is 2.31. The van der Waals surface area contributed by atoms with Crippen LogP contribution in [0.5, 0.6) is 5.75 Å². The number of carbonyl (C=O) groups is 2. The summed E-state index contributed by atoms with van der Waals surface area (Å²) in [4.78, 5) is 23.9. The average molecular weight is 371 g/mol. The maximum atomic E-state index is 12.1. The van der Waals surface area contributed by atoms with Crippen molar-refractivity contribution >= 4 is 11.9 Å². The fourth-order valence-corrected chi connectivity index (χ4v) is 3.39. The second-order valence-corrected chi connectivity index (χ2v) is 6.67. The van der Waals surface area contributed by atoms with Gasteiger partial charge in [-0.15, -0.1) is 0 Å². The zero-order valence-electron chi connectivity index (χ0n) is 16.5. The first-order valence-corrected chi connectivity index (χ1v) is 8.97. The Kier molecular flexibility index (Phi) is 6.62. The smallest absolute Gasteiger partial charge is 0.340 e. The second kappa shape index (κ2) is 8.72. The van der Waals surface area contributed by atoms with Crippen LogP contribution in [0.1, 0.15) is 59.8 Å². The number of allylic oxidation sites excluding steroid dienone is 2. The predicted molar refractivity (Wildman–Crippen MR) is 99.4 cm³/mol. The minimum atomic E-state index is -0.467. The standard InChI is InChI=1S/C21H25NO5/c1-6-26-20(23)13(3)9-12(2)7-8-15-16(10-22)18-17(11-27-21(18)24)14(4)19(15)25-5/h7,13H,6,8-9,11H2,1-5H3/t13-/m1/s1. The van der Waals surface area contributed by atoms with Crippen LogP contribution in [0.3, 0.4) is 0 Å². The van der Waals surface area contributed by atoms with Crippen LogP contribution < -0.4 is 4.74 Å². The van der Waals surface area contributed by atoms with Gasteiger partial charge in [0.1, 0.15) is 18.4 Å². The lowest BCUT2D eigenvalue weighted by molar-refractivity contribution is -0.147. The quantitative estimate of drug-likeness (QED) is 0.537. The maximum absolute atomic E-state index is 12.1. The van der Waals surface area contributed by atoms with Gasteiger partial charge in [0, 0.05) is 11.1 Å². The molecule has 1 heterocycles. The molecule has 0 saturated heterocycles. The number of cyclic esters (lactones) is 1. The third kappa shape index (κ3) is 4.13. The highest BCUT2D eigenvalue weighted by atomic mass is 16.5. The molecule has 1 aromatic carbocycles. The van der Waals surface area contributed by atoms with Gasteiger partial charge >= 0.3 is 11.9 Å². The molecule has 1 aliphatic heterocycles. The van der Waals surface area contributed by atoms with Gasteiger partial charge in [0.25, 0.3) is 0 Å². The lowest BCUT2D eigenvalue weighted by Crippen LogP contribution is -2.15. The molecule has 0 N–H and O–H groups in total. The van der Waals surface area contributed by atoms with Crippen LogP contribution in [0, 0.1) is 24.2 Å². The molecule has 0 spiro atoms. The fourth-order valence-electron chi connectivity index (χ4n) is 3.39. The van der Waals surface area contributed by atoms with Crippen LogP contribution in [-0.2, 0) is 27.3 Å². The molecule has 144 valence electrons. The first kappa shape index (κ1) is 20.5. The van der Waals surface area contributed by atoms with Crippen LogP contribution in [0.2, 0.25) is 0 Å². The summed E-state index contributed by atoms with van der Waals surface area (Å²) in [6.45, 7) is 7.93. The van der Waals surface area contributed by atoms with Gasteiger partial charge in [0.2, 0.25) is 0 Å². The Balaban J connectivity index is 2.35. The summed E-state index contributed by atoms with van der Waals surface area (Å²) in [7, 11) is 1.55. The molecule has 2 rings (SSSR count). The first-order valence-electron chi connectivity index (χ1n) is 8.97. The topological polar surface area (TPSA) is 85.6 Å². The molecule has 1 aromatic rings. The zero-order valence-corrected chi connectivity index (χ0v) is 16.5. The lowest BCUT2D eigenvalue weighted by atomic mass is 9.90. The van der Waals surface area contributed by atoms with E-state index in [1.54, 1.807) is 14.0 Å². The van der Waals surface area contributed by atoms with E-state index >= 15 is 0 Å². The summed E-state index contributed by atoms with van der Waals surface area (Å²) in [5.41, 5.74) is 3.85. The Hall–Kier alpha value is -2.81. The van der Waals surface area contributed by atoms with Gasteiger partial charge in [0.05, 0.1) is 30.8 Å². The molecule has 0 amide bonds. The highest BCUT2D eigenvalue weighted by Crippen LogP contribution is 2.37. The van der Waals surface area contributed by atoms with E-state index < -0.39 is 5.97 Å². The molecule has 27 heavy (non-hydrogen) atoms. The van der Waals surface area contributed by atoms with Gasteiger partial charge < -0.3 is 14.2 Å². The summed E-state index contributed by atoms with van der Waals surface area (Å²) in [5, 5.41) is 9.66.